The lowest BCUT2D eigenvalue weighted by molar-refractivity contribution is -0.119. The molecule has 6 heteroatoms. The third-order valence-electron chi connectivity index (χ3n) is 2.30. The molecule has 0 aliphatic heterocycles. The topological polar surface area (TPSA) is 96.0 Å². The van der Waals surface area contributed by atoms with Gasteiger partial charge in [0, 0.05) is 17.0 Å². The third-order valence-corrected chi connectivity index (χ3v) is 2.55. The van der Waals surface area contributed by atoms with Crippen molar-refractivity contribution >= 4 is 23.4 Å². The molecule has 1 atom stereocenters. The van der Waals surface area contributed by atoms with Crippen LogP contribution in [-0.4, -0.2) is 17.9 Å². The van der Waals surface area contributed by atoms with E-state index in [-0.39, 0.29) is 12.8 Å². The number of hydrogen-bond acceptors (Lipinski definition) is 3. The number of carbonyl (C=O) groups excluding carboxylic acids is 2. The number of primary amides is 1. The average Bonchev–Trinajstić information content (AvgIpc) is 2.34. The Hall–Kier alpha value is -2.06. The molecule has 1 aromatic carbocycles. The van der Waals surface area contributed by atoms with Crippen LogP contribution in [0.3, 0.4) is 0 Å². The number of carbonyl (C=O) groups is 2. The minimum Gasteiger partial charge on any atom is -0.368 e. The van der Waals surface area contributed by atoms with Gasteiger partial charge < -0.3 is 11.1 Å². The van der Waals surface area contributed by atoms with Gasteiger partial charge >= 0.3 is 0 Å². The van der Waals surface area contributed by atoms with Crippen LogP contribution in [0.4, 0.5) is 0 Å². The quantitative estimate of drug-likeness (QED) is 0.838. The first-order valence-electron chi connectivity index (χ1n) is 5.27. The summed E-state index contributed by atoms with van der Waals surface area (Å²) in [7, 11) is 0. The fourth-order valence-electron chi connectivity index (χ4n) is 1.34. The van der Waals surface area contributed by atoms with E-state index in [0.29, 0.717) is 10.6 Å². The number of nitriles is 1. The maximum Gasteiger partial charge on any atom is 0.251 e. The summed E-state index contributed by atoms with van der Waals surface area (Å²) in [5.41, 5.74) is 5.52. The van der Waals surface area contributed by atoms with Gasteiger partial charge in [-0.05, 0) is 30.7 Å². The molecule has 0 fully saturated rings. The monoisotopic (exact) mass is 265 g/mol. The summed E-state index contributed by atoms with van der Waals surface area (Å²) in [6, 6.07) is 7.29. The molecule has 1 rings (SSSR count). The van der Waals surface area contributed by atoms with Crippen molar-refractivity contribution in [3.63, 3.8) is 0 Å². The largest absolute Gasteiger partial charge is 0.368 e. The molecule has 94 valence electrons. The molecule has 0 saturated heterocycles. The summed E-state index contributed by atoms with van der Waals surface area (Å²) < 4.78 is 0. The number of amides is 2. The SMILES string of the molecule is N#CCC[C@@H](NC(=O)c1ccc(Cl)cc1)C(N)=O. The molecule has 18 heavy (non-hydrogen) atoms. The van der Waals surface area contributed by atoms with Gasteiger partial charge in [0.15, 0.2) is 0 Å². The van der Waals surface area contributed by atoms with Crippen LogP contribution >= 0.6 is 11.6 Å². The van der Waals surface area contributed by atoms with Crippen molar-refractivity contribution in [2.75, 3.05) is 0 Å². The summed E-state index contributed by atoms with van der Waals surface area (Å²) in [6.07, 6.45) is 0.347. The molecular weight excluding hydrogens is 254 g/mol. The van der Waals surface area contributed by atoms with Gasteiger partial charge in [0.1, 0.15) is 6.04 Å². The first-order chi connectivity index (χ1) is 8.54. The lowest BCUT2D eigenvalue weighted by Crippen LogP contribution is -2.44. The second kappa shape index (κ2) is 6.62. The maximum absolute atomic E-state index is 11.8. The lowest BCUT2D eigenvalue weighted by Gasteiger charge is -2.13. The molecule has 0 aliphatic rings. The zero-order valence-electron chi connectivity index (χ0n) is 9.52. The lowest BCUT2D eigenvalue weighted by atomic mass is 10.1. The van der Waals surface area contributed by atoms with E-state index in [9.17, 15) is 9.59 Å². The summed E-state index contributed by atoms with van der Waals surface area (Å²) in [5.74, 6) is -1.08. The van der Waals surface area contributed by atoms with Crippen molar-refractivity contribution in [2.24, 2.45) is 5.73 Å². The molecule has 0 aliphatic carbocycles. The van der Waals surface area contributed by atoms with E-state index >= 15 is 0 Å². The number of nitrogens with two attached hydrogens (primary N) is 1. The fourth-order valence-corrected chi connectivity index (χ4v) is 1.46. The van der Waals surface area contributed by atoms with E-state index in [1.54, 1.807) is 24.3 Å². The van der Waals surface area contributed by atoms with Crippen molar-refractivity contribution in [2.45, 2.75) is 18.9 Å². The van der Waals surface area contributed by atoms with Gasteiger partial charge in [0.25, 0.3) is 5.91 Å². The molecule has 0 heterocycles. The van der Waals surface area contributed by atoms with Gasteiger partial charge in [0.2, 0.25) is 5.91 Å². The van der Waals surface area contributed by atoms with Gasteiger partial charge in [0.05, 0.1) is 6.07 Å². The van der Waals surface area contributed by atoms with Crippen molar-refractivity contribution in [3.05, 3.63) is 34.9 Å². The number of halogens is 1. The Kier molecular flexibility index (Phi) is 5.15. The Balaban J connectivity index is 2.69. The molecule has 5 nitrogen and oxygen atoms in total. The van der Waals surface area contributed by atoms with Crippen molar-refractivity contribution in [1.29, 1.82) is 5.26 Å². The molecule has 0 aromatic heterocycles. The number of hydrogen-bond donors (Lipinski definition) is 2. The van der Waals surface area contributed by atoms with Crippen LogP contribution in [0.2, 0.25) is 5.02 Å². The molecular formula is C12H12ClN3O2. The predicted octanol–water partition coefficient (Wildman–Crippen LogP) is 1.23. The normalized spacial score (nSPS) is 11.3. The number of benzene rings is 1. The molecule has 3 N–H and O–H groups in total. The minimum absolute atomic E-state index is 0.147. The number of nitrogens with zero attached hydrogens (tertiary/aromatic N) is 1. The van der Waals surface area contributed by atoms with Crippen molar-refractivity contribution in [3.8, 4) is 6.07 Å². The van der Waals surface area contributed by atoms with Crippen LogP contribution in [0, 0.1) is 11.3 Å². The van der Waals surface area contributed by atoms with Gasteiger partial charge in [-0.15, -0.1) is 0 Å². The van der Waals surface area contributed by atoms with Gasteiger partial charge in [-0.3, -0.25) is 9.59 Å². The van der Waals surface area contributed by atoms with Crippen LogP contribution in [0.15, 0.2) is 24.3 Å². The number of nitrogens with one attached hydrogen (secondary N) is 1. The second-order valence-corrected chi connectivity index (χ2v) is 4.07. The third kappa shape index (κ3) is 4.07. The van der Waals surface area contributed by atoms with Crippen LogP contribution in [0.25, 0.3) is 0 Å². The highest BCUT2D eigenvalue weighted by Crippen LogP contribution is 2.09. The zero-order chi connectivity index (χ0) is 13.5. The van der Waals surface area contributed by atoms with E-state index in [0.717, 1.165) is 0 Å². The first-order valence-corrected chi connectivity index (χ1v) is 5.65. The molecule has 0 saturated carbocycles. The average molecular weight is 266 g/mol. The summed E-state index contributed by atoms with van der Waals surface area (Å²) >= 11 is 5.70. The van der Waals surface area contributed by atoms with E-state index in [4.69, 9.17) is 22.6 Å². The molecule has 1 aromatic rings. The first kappa shape index (κ1) is 14.0. The summed E-state index contributed by atoms with van der Waals surface area (Å²) in [6.45, 7) is 0. The fraction of sp³-hybridized carbons (Fsp3) is 0.250. The Bertz CT molecular complexity index is 479. The highest BCUT2D eigenvalue weighted by atomic mass is 35.5. The molecule has 0 spiro atoms. The van der Waals surface area contributed by atoms with Crippen molar-refractivity contribution < 1.29 is 9.59 Å². The minimum atomic E-state index is -0.840. The van der Waals surface area contributed by atoms with Crippen LogP contribution in [0.5, 0.6) is 0 Å². The molecule has 0 radical (unpaired) electrons. The Morgan fingerprint density at radius 3 is 2.50 bits per heavy atom. The number of rotatable bonds is 5. The van der Waals surface area contributed by atoms with Crippen molar-refractivity contribution in [1.82, 2.24) is 5.32 Å². The van der Waals surface area contributed by atoms with Gasteiger partial charge in [-0.1, -0.05) is 11.6 Å². The van der Waals surface area contributed by atoms with Gasteiger partial charge in [-0.25, -0.2) is 0 Å². The standard InChI is InChI=1S/C12H12ClN3O2/c13-9-5-3-8(4-6-9)12(18)16-10(11(15)17)2-1-7-14/h3-6,10H,1-2H2,(H2,15,17)(H,16,18)/t10-/m1/s1. The Morgan fingerprint density at radius 2 is 2.00 bits per heavy atom. The molecule has 0 bridgehead atoms. The van der Waals surface area contributed by atoms with E-state index < -0.39 is 17.9 Å². The predicted molar refractivity (Wildman–Crippen MR) is 66.7 cm³/mol. The second-order valence-electron chi connectivity index (χ2n) is 3.63. The molecule has 2 amide bonds. The van der Waals surface area contributed by atoms with Crippen LogP contribution < -0.4 is 11.1 Å². The smallest absolute Gasteiger partial charge is 0.251 e. The van der Waals surface area contributed by atoms with Crippen LogP contribution in [-0.2, 0) is 4.79 Å². The zero-order valence-corrected chi connectivity index (χ0v) is 10.3. The Labute approximate surface area is 110 Å². The van der Waals surface area contributed by atoms with E-state index in [2.05, 4.69) is 5.32 Å². The van der Waals surface area contributed by atoms with Gasteiger partial charge in [-0.2, -0.15) is 5.26 Å². The van der Waals surface area contributed by atoms with Crippen LogP contribution in [0.1, 0.15) is 23.2 Å². The Morgan fingerprint density at radius 1 is 1.39 bits per heavy atom. The summed E-state index contributed by atoms with van der Waals surface area (Å²) in [4.78, 5) is 22.9. The molecule has 0 unspecified atom stereocenters. The highest BCUT2D eigenvalue weighted by Gasteiger charge is 2.18. The van der Waals surface area contributed by atoms with E-state index in [1.807, 2.05) is 6.07 Å². The van der Waals surface area contributed by atoms with E-state index in [1.165, 1.54) is 0 Å². The maximum atomic E-state index is 11.8. The summed E-state index contributed by atoms with van der Waals surface area (Å²) in [5, 5.41) is 11.4. The highest BCUT2D eigenvalue weighted by molar-refractivity contribution is 6.30.